The van der Waals surface area contributed by atoms with Gasteiger partial charge in [0.05, 0.1) is 27.0 Å². The third-order valence-electron chi connectivity index (χ3n) is 2.45. The number of halogens is 3. The number of aromatic nitrogens is 2. The Bertz CT molecular complexity index is 671. The van der Waals surface area contributed by atoms with E-state index >= 15 is 0 Å². The summed E-state index contributed by atoms with van der Waals surface area (Å²) in [6, 6.07) is 2.18. The average molecular weight is 316 g/mol. The van der Waals surface area contributed by atoms with Gasteiger partial charge in [0.15, 0.2) is 0 Å². The second-order valence-corrected chi connectivity index (χ2v) is 4.68. The molecule has 0 saturated carbocycles. The van der Waals surface area contributed by atoms with Crippen LogP contribution in [-0.4, -0.2) is 21.0 Å². The Morgan fingerprint density at radius 2 is 1.95 bits per heavy atom. The summed E-state index contributed by atoms with van der Waals surface area (Å²) in [4.78, 5) is 18.7. The van der Waals surface area contributed by atoms with E-state index in [0.717, 1.165) is 12.1 Å². The number of benzene rings is 1. The lowest BCUT2D eigenvalue weighted by Gasteiger charge is -2.10. The third-order valence-corrected chi connectivity index (χ3v) is 3.05. The van der Waals surface area contributed by atoms with Crippen molar-refractivity contribution >= 4 is 40.8 Å². The third kappa shape index (κ3) is 2.97. The summed E-state index contributed by atoms with van der Waals surface area (Å²) < 4.78 is 13.1. The molecule has 5 nitrogen and oxygen atoms in total. The van der Waals surface area contributed by atoms with E-state index in [-0.39, 0.29) is 32.9 Å². The molecule has 8 heteroatoms. The molecular formula is C12H8Cl2FN3O2. The molecule has 0 amide bonds. The topological polar surface area (TPSA) is 75.1 Å². The van der Waals surface area contributed by atoms with Gasteiger partial charge in [0.25, 0.3) is 0 Å². The van der Waals surface area contributed by atoms with E-state index in [4.69, 9.17) is 28.3 Å². The van der Waals surface area contributed by atoms with E-state index in [1.807, 2.05) is 0 Å². The average Bonchev–Trinajstić information content (AvgIpc) is 2.33. The van der Waals surface area contributed by atoms with Gasteiger partial charge in [-0.2, -0.15) is 0 Å². The number of carbonyl (C=O) groups is 1. The molecule has 0 unspecified atom stereocenters. The van der Waals surface area contributed by atoms with E-state index in [0.29, 0.717) is 0 Å². The van der Waals surface area contributed by atoms with Gasteiger partial charge in [0, 0.05) is 6.20 Å². The molecule has 1 aromatic carbocycles. The first-order valence-electron chi connectivity index (χ1n) is 5.37. The Labute approximate surface area is 123 Å². The van der Waals surface area contributed by atoms with Crippen LogP contribution in [0.3, 0.4) is 0 Å². The number of anilines is 2. The maximum atomic E-state index is 13.1. The predicted octanol–water partition coefficient (Wildman–Crippen LogP) is 3.67. The monoisotopic (exact) mass is 315 g/mol. The summed E-state index contributed by atoms with van der Waals surface area (Å²) in [7, 11) is 0. The first-order valence-corrected chi connectivity index (χ1v) is 6.12. The Kier molecular flexibility index (Phi) is 4.06. The van der Waals surface area contributed by atoms with Gasteiger partial charge < -0.3 is 10.4 Å². The van der Waals surface area contributed by atoms with E-state index in [2.05, 4.69) is 15.3 Å². The highest BCUT2D eigenvalue weighted by atomic mass is 35.5. The zero-order valence-electron chi connectivity index (χ0n) is 10.1. The van der Waals surface area contributed by atoms with Crippen LogP contribution in [0.5, 0.6) is 0 Å². The van der Waals surface area contributed by atoms with Crippen molar-refractivity contribution in [2.24, 2.45) is 0 Å². The molecule has 0 aliphatic rings. The lowest BCUT2D eigenvalue weighted by atomic mass is 10.2. The van der Waals surface area contributed by atoms with Crippen molar-refractivity contribution in [3.05, 3.63) is 45.4 Å². The van der Waals surface area contributed by atoms with Crippen molar-refractivity contribution in [1.82, 2.24) is 9.97 Å². The minimum absolute atomic E-state index is 0.00755. The van der Waals surface area contributed by atoms with Crippen molar-refractivity contribution in [1.29, 1.82) is 0 Å². The molecule has 0 atom stereocenters. The Morgan fingerprint density at radius 3 is 2.45 bits per heavy atom. The highest BCUT2D eigenvalue weighted by Gasteiger charge is 2.13. The van der Waals surface area contributed by atoms with Gasteiger partial charge in [0.2, 0.25) is 5.95 Å². The Hall–Kier alpha value is -1.92. The molecule has 104 valence electrons. The van der Waals surface area contributed by atoms with Crippen LogP contribution in [0.25, 0.3) is 0 Å². The molecule has 1 heterocycles. The molecule has 0 fully saturated rings. The quantitative estimate of drug-likeness (QED) is 0.903. The van der Waals surface area contributed by atoms with Crippen LogP contribution in [0.2, 0.25) is 10.0 Å². The zero-order chi connectivity index (χ0) is 14.9. The van der Waals surface area contributed by atoms with Gasteiger partial charge in [-0.1, -0.05) is 23.2 Å². The lowest BCUT2D eigenvalue weighted by molar-refractivity contribution is 0.0695. The number of aryl methyl sites for hydroxylation is 1. The minimum Gasteiger partial charge on any atom is -0.478 e. The number of carboxylic acids is 1. The van der Waals surface area contributed by atoms with Gasteiger partial charge in [-0.05, 0) is 19.1 Å². The maximum Gasteiger partial charge on any atom is 0.339 e. The number of rotatable bonds is 3. The molecule has 0 saturated heterocycles. The van der Waals surface area contributed by atoms with Crippen LogP contribution < -0.4 is 5.32 Å². The molecule has 2 N–H and O–H groups in total. The summed E-state index contributed by atoms with van der Waals surface area (Å²) in [6.45, 7) is 1.53. The number of nitrogens with zero attached hydrogens (tertiary/aromatic N) is 2. The molecular weight excluding hydrogens is 308 g/mol. The van der Waals surface area contributed by atoms with Gasteiger partial charge in [0.1, 0.15) is 5.82 Å². The fraction of sp³-hybridized carbons (Fsp3) is 0.0833. The highest BCUT2D eigenvalue weighted by Crippen LogP contribution is 2.33. The van der Waals surface area contributed by atoms with E-state index in [9.17, 15) is 9.18 Å². The van der Waals surface area contributed by atoms with Crippen LogP contribution in [0, 0.1) is 12.7 Å². The standard InChI is InChI=1S/C12H8Cl2FN3O2/c1-5-7(11(19)20)4-16-12(17-5)18-10-8(13)2-6(15)3-9(10)14/h2-4H,1H3,(H,19,20)(H,16,17,18). The summed E-state index contributed by atoms with van der Waals surface area (Å²) in [6.07, 6.45) is 1.17. The zero-order valence-corrected chi connectivity index (χ0v) is 11.6. The van der Waals surface area contributed by atoms with Crippen LogP contribution in [-0.2, 0) is 0 Å². The molecule has 2 rings (SSSR count). The minimum atomic E-state index is -1.12. The van der Waals surface area contributed by atoms with Crippen molar-refractivity contribution in [2.45, 2.75) is 6.92 Å². The van der Waals surface area contributed by atoms with E-state index in [1.54, 1.807) is 0 Å². The van der Waals surface area contributed by atoms with Gasteiger partial charge in [-0.25, -0.2) is 19.2 Å². The van der Waals surface area contributed by atoms with Crippen LogP contribution in [0.15, 0.2) is 18.3 Å². The SMILES string of the molecule is Cc1nc(Nc2c(Cl)cc(F)cc2Cl)ncc1C(=O)O. The van der Waals surface area contributed by atoms with Gasteiger partial charge in [-0.3, -0.25) is 0 Å². The molecule has 0 aliphatic carbocycles. The molecule has 0 bridgehead atoms. The number of carboxylic acid groups (broad SMARTS) is 1. The second kappa shape index (κ2) is 5.60. The van der Waals surface area contributed by atoms with Crippen LogP contribution >= 0.6 is 23.2 Å². The Balaban J connectivity index is 2.36. The number of aromatic carboxylic acids is 1. The fourth-order valence-electron chi connectivity index (χ4n) is 1.51. The van der Waals surface area contributed by atoms with E-state index < -0.39 is 11.8 Å². The lowest BCUT2D eigenvalue weighted by Crippen LogP contribution is -2.06. The molecule has 0 aliphatic heterocycles. The molecule has 1 aromatic heterocycles. The maximum absolute atomic E-state index is 13.1. The largest absolute Gasteiger partial charge is 0.478 e. The Morgan fingerprint density at radius 1 is 1.35 bits per heavy atom. The molecule has 20 heavy (non-hydrogen) atoms. The normalized spacial score (nSPS) is 10.4. The highest BCUT2D eigenvalue weighted by molar-refractivity contribution is 6.39. The van der Waals surface area contributed by atoms with Gasteiger partial charge in [-0.15, -0.1) is 0 Å². The first-order chi connectivity index (χ1) is 9.38. The molecule has 0 spiro atoms. The predicted molar refractivity (Wildman–Crippen MR) is 73.4 cm³/mol. The summed E-state index contributed by atoms with van der Waals surface area (Å²) in [5, 5.41) is 11.7. The van der Waals surface area contributed by atoms with Crippen molar-refractivity contribution in [2.75, 3.05) is 5.32 Å². The summed E-state index contributed by atoms with van der Waals surface area (Å²) >= 11 is 11.7. The fourth-order valence-corrected chi connectivity index (χ4v) is 2.07. The smallest absolute Gasteiger partial charge is 0.339 e. The summed E-state index contributed by atoms with van der Waals surface area (Å²) in [5.41, 5.74) is 0.522. The van der Waals surface area contributed by atoms with E-state index in [1.165, 1.54) is 13.1 Å². The number of hydrogen-bond donors (Lipinski definition) is 2. The van der Waals surface area contributed by atoms with Crippen molar-refractivity contribution in [3.63, 3.8) is 0 Å². The van der Waals surface area contributed by atoms with Gasteiger partial charge >= 0.3 is 5.97 Å². The second-order valence-electron chi connectivity index (χ2n) is 3.87. The van der Waals surface area contributed by atoms with Crippen molar-refractivity contribution in [3.8, 4) is 0 Å². The summed E-state index contributed by atoms with van der Waals surface area (Å²) in [5.74, 6) is -1.57. The van der Waals surface area contributed by atoms with Crippen molar-refractivity contribution < 1.29 is 14.3 Å². The number of nitrogens with one attached hydrogen (secondary N) is 1. The van der Waals surface area contributed by atoms with Crippen LogP contribution in [0.1, 0.15) is 16.1 Å². The van der Waals surface area contributed by atoms with Crippen LogP contribution in [0.4, 0.5) is 16.0 Å². The first kappa shape index (κ1) is 14.5. The molecule has 0 radical (unpaired) electrons. The molecule has 2 aromatic rings. The number of hydrogen-bond acceptors (Lipinski definition) is 4.